The molecule has 1 fully saturated rings. The predicted molar refractivity (Wildman–Crippen MR) is 126 cm³/mol. The molecule has 0 bridgehead atoms. The van der Waals surface area contributed by atoms with Gasteiger partial charge in [0.25, 0.3) is 0 Å². The summed E-state index contributed by atoms with van der Waals surface area (Å²) in [7, 11) is 3.21. The van der Waals surface area contributed by atoms with Crippen molar-refractivity contribution in [2.75, 3.05) is 53.4 Å². The Bertz CT molecular complexity index is 658. The van der Waals surface area contributed by atoms with Crippen LogP contribution in [-0.2, 0) is 6.54 Å². The number of halogens is 3. The van der Waals surface area contributed by atoms with Crippen LogP contribution < -0.4 is 20.1 Å². The third-order valence-electron chi connectivity index (χ3n) is 5.20. The molecule has 2 rings (SSSR count). The second kappa shape index (κ2) is 13.8. The van der Waals surface area contributed by atoms with Crippen LogP contribution in [0.4, 0.5) is 8.78 Å². The number of likely N-dealkylation sites (N-methyl/N-ethyl adjacent to an activating group) is 1. The van der Waals surface area contributed by atoms with Gasteiger partial charge in [-0.05, 0) is 31.7 Å². The minimum atomic E-state index is -2.88. The van der Waals surface area contributed by atoms with E-state index in [-0.39, 0.29) is 36.3 Å². The number of hydrogen-bond donors (Lipinski definition) is 2. The van der Waals surface area contributed by atoms with E-state index in [4.69, 9.17) is 4.74 Å². The molecular formula is C20H34F2IN5O2. The fraction of sp³-hybridized carbons (Fsp3) is 0.650. The minimum Gasteiger partial charge on any atom is -0.497 e. The molecular weight excluding hydrogens is 507 g/mol. The highest BCUT2D eigenvalue weighted by Gasteiger charge is 2.20. The van der Waals surface area contributed by atoms with E-state index in [1.165, 1.54) is 13.2 Å². The summed E-state index contributed by atoms with van der Waals surface area (Å²) in [4.78, 5) is 9.14. The Kier molecular flexibility index (Phi) is 12.3. The molecule has 0 saturated carbocycles. The Hall–Kier alpha value is -1.40. The molecule has 30 heavy (non-hydrogen) atoms. The maximum Gasteiger partial charge on any atom is 0.387 e. The smallest absolute Gasteiger partial charge is 0.387 e. The Labute approximate surface area is 195 Å². The first-order valence-electron chi connectivity index (χ1n) is 9.99. The first kappa shape index (κ1) is 26.6. The second-order valence-electron chi connectivity index (χ2n) is 6.98. The lowest BCUT2D eigenvalue weighted by Crippen LogP contribution is -2.53. The van der Waals surface area contributed by atoms with Gasteiger partial charge < -0.3 is 25.0 Å². The van der Waals surface area contributed by atoms with Crippen molar-refractivity contribution in [1.82, 2.24) is 20.4 Å². The van der Waals surface area contributed by atoms with E-state index in [1.54, 1.807) is 19.2 Å². The molecule has 0 aliphatic carbocycles. The van der Waals surface area contributed by atoms with Crippen LogP contribution in [0.2, 0.25) is 0 Å². The molecule has 1 unspecified atom stereocenters. The number of nitrogens with one attached hydrogen (secondary N) is 2. The Balaban J connectivity index is 0.00000450. The first-order chi connectivity index (χ1) is 14.0. The summed E-state index contributed by atoms with van der Waals surface area (Å²) in [6.45, 7) is 7.92. The van der Waals surface area contributed by atoms with Gasteiger partial charge in [0.05, 0.1) is 7.11 Å². The molecule has 0 spiro atoms. The van der Waals surface area contributed by atoms with Crippen molar-refractivity contribution in [2.45, 2.75) is 33.0 Å². The number of alkyl halides is 2. The van der Waals surface area contributed by atoms with Crippen molar-refractivity contribution in [1.29, 1.82) is 0 Å². The van der Waals surface area contributed by atoms with E-state index >= 15 is 0 Å². The number of guanidine groups is 1. The summed E-state index contributed by atoms with van der Waals surface area (Å²) in [6.07, 6.45) is 0. The fourth-order valence-corrected chi connectivity index (χ4v) is 3.33. The summed E-state index contributed by atoms with van der Waals surface area (Å²) in [6, 6.07) is 5.11. The molecule has 0 aromatic heterocycles. The van der Waals surface area contributed by atoms with Gasteiger partial charge in [-0.15, -0.1) is 24.0 Å². The number of benzene rings is 1. The topological polar surface area (TPSA) is 61.4 Å². The Morgan fingerprint density at radius 3 is 2.47 bits per heavy atom. The van der Waals surface area contributed by atoms with E-state index in [9.17, 15) is 8.78 Å². The quantitative estimate of drug-likeness (QED) is 0.285. The fourth-order valence-electron chi connectivity index (χ4n) is 3.33. The van der Waals surface area contributed by atoms with Crippen molar-refractivity contribution in [3.05, 3.63) is 23.8 Å². The van der Waals surface area contributed by atoms with Crippen LogP contribution in [0.15, 0.2) is 23.2 Å². The highest BCUT2D eigenvalue weighted by Crippen LogP contribution is 2.25. The number of piperazine rings is 1. The summed E-state index contributed by atoms with van der Waals surface area (Å²) in [5.74, 6) is 1.30. The van der Waals surface area contributed by atoms with E-state index < -0.39 is 6.61 Å². The third-order valence-corrected chi connectivity index (χ3v) is 5.20. The highest BCUT2D eigenvalue weighted by atomic mass is 127. The van der Waals surface area contributed by atoms with Crippen LogP contribution in [0.25, 0.3) is 0 Å². The SMILES string of the molecule is CCN1CCN(C(C)CNC(=NC)NCc2cc(OC)ccc2OC(F)F)CC1.I. The average Bonchev–Trinajstić information content (AvgIpc) is 2.74. The van der Waals surface area contributed by atoms with Gasteiger partial charge in [-0.1, -0.05) is 6.92 Å². The van der Waals surface area contributed by atoms with E-state index in [0.29, 0.717) is 23.3 Å². The van der Waals surface area contributed by atoms with Crippen LogP contribution >= 0.6 is 24.0 Å². The lowest BCUT2D eigenvalue weighted by Gasteiger charge is -2.37. The number of ether oxygens (including phenoxy) is 2. The molecule has 1 aliphatic heterocycles. The number of aliphatic imine (C=N–C) groups is 1. The van der Waals surface area contributed by atoms with Crippen LogP contribution in [0.5, 0.6) is 11.5 Å². The Morgan fingerprint density at radius 1 is 1.20 bits per heavy atom. The van der Waals surface area contributed by atoms with Gasteiger partial charge in [0.1, 0.15) is 11.5 Å². The summed E-state index contributed by atoms with van der Waals surface area (Å²) >= 11 is 0. The van der Waals surface area contributed by atoms with Gasteiger partial charge in [0.15, 0.2) is 5.96 Å². The van der Waals surface area contributed by atoms with Gasteiger partial charge in [-0.25, -0.2) is 0 Å². The number of nitrogens with zero attached hydrogens (tertiary/aromatic N) is 3. The minimum absolute atomic E-state index is 0. The maximum absolute atomic E-state index is 12.7. The van der Waals surface area contributed by atoms with Crippen molar-refractivity contribution < 1.29 is 18.3 Å². The van der Waals surface area contributed by atoms with Crippen molar-refractivity contribution in [3.8, 4) is 11.5 Å². The lowest BCUT2D eigenvalue weighted by molar-refractivity contribution is -0.0505. The molecule has 2 N–H and O–H groups in total. The second-order valence-corrected chi connectivity index (χ2v) is 6.98. The largest absolute Gasteiger partial charge is 0.497 e. The molecule has 1 heterocycles. The van der Waals surface area contributed by atoms with Crippen molar-refractivity contribution in [3.63, 3.8) is 0 Å². The summed E-state index contributed by atoms with van der Waals surface area (Å²) < 4.78 is 35.1. The molecule has 1 aromatic rings. The van der Waals surface area contributed by atoms with Gasteiger partial charge in [-0.3, -0.25) is 9.89 Å². The first-order valence-corrected chi connectivity index (χ1v) is 9.99. The number of rotatable bonds is 9. The molecule has 7 nitrogen and oxygen atoms in total. The molecule has 10 heteroatoms. The van der Waals surface area contributed by atoms with Gasteiger partial charge in [0.2, 0.25) is 0 Å². The summed E-state index contributed by atoms with van der Waals surface area (Å²) in [5, 5.41) is 6.47. The van der Waals surface area contributed by atoms with Crippen LogP contribution in [0, 0.1) is 0 Å². The van der Waals surface area contributed by atoms with Crippen molar-refractivity contribution in [2.24, 2.45) is 4.99 Å². The van der Waals surface area contributed by atoms with Crippen LogP contribution in [-0.4, -0.2) is 81.8 Å². The van der Waals surface area contributed by atoms with Crippen LogP contribution in [0.3, 0.4) is 0 Å². The zero-order chi connectivity index (χ0) is 21.2. The predicted octanol–water partition coefficient (Wildman–Crippen LogP) is 2.61. The monoisotopic (exact) mass is 541 g/mol. The number of hydrogen-bond acceptors (Lipinski definition) is 5. The highest BCUT2D eigenvalue weighted by molar-refractivity contribution is 14.0. The molecule has 0 radical (unpaired) electrons. The molecule has 0 amide bonds. The maximum atomic E-state index is 12.7. The normalized spacial score (nSPS) is 16.7. The Morgan fingerprint density at radius 2 is 1.90 bits per heavy atom. The zero-order valence-electron chi connectivity index (χ0n) is 18.2. The van der Waals surface area contributed by atoms with Crippen molar-refractivity contribution >= 4 is 29.9 Å². The zero-order valence-corrected chi connectivity index (χ0v) is 20.5. The molecule has 1 saturated heterocycles. The lowest BCUT2D eigenvalue weighted by atomic mass is 10.2. The molecule has 1 aliphatic rings. The van der Waals surface area contributed by atoms with Gasteiger partial charge >= 0.3 is 6.61 Å². The molecule has 172 valence electrons. The van der Waals surface area contributed by atoms with Crippen LogP contribution in [0.1, 0.15) is 19.4 Å². The van der Waals surface area contributed by atoms with Gasteiger partial charge in [-0.2, -0.15) is 8.78 Å². The molecule has 1 atom stereocenters. The average molecular weight is 541 g/mol. The van der Waals surface area contributed by atoms with E-state index in [0.717, 1.165) is 39.3 Å². The standard InChI is InChI=1S/C20H33F2N5O2.HI/c1-5-26-8-10-27(11-9-26)15(2)13-24-20(23-3)25-14-16-12-17(28-4)6-7-18(16)29-19(21)22;/h6-7,12,15,19H,5,8-11,13-14H2,1-4H3,(H2,23,24,25);1H. The number of methoxy groups -OCH3 is 1. The summed E-state index contributed by atoms with van der Waals surface area (Å²) in [5.41, 5.74) is 0.566. The van der Waals surface area contributed by atoms with E-state index in [1.807, 2.05) is 0 Å². The van der Waals surface area contributed by atoms with E-state index in [2.05, 4.69) is 44.0 Å². The molecule has 1 aromatic carbocycles. The third kappa shape index (κ3) is 8.38. The van der Waals surface area contributed by atoms with Gasteiger partial charge in [0, 0.05) is 57.9 Å².